The van der Waals surface area contributed by atoms with Crippen LogP contribution in [0.3, 0.4) is 0 Å². The van der Waals surface area contributed by atoms with E-state index >= 15 is 0 Å². The van der Waals surface area contributed by atoms with E-state index in [0.29, 0.717) is 11.5 Å². The summed E-state index contributed by atoms with van der Waals surface area (Å²) in [6.07, 6.45) is 0. The lowest BCUT2D eigenvalue weighted by molar-refractivity contribution is 0.459. The molecule has 0 heterocycles. The van der Waals surface area contributed by atoms with Crippen molar-refractivity contribution in [3.8, 4) is 11.5 Å². The molecule has 0 unspecified atom stereocenters. The van der Waals surface area contributed by atoms with Crippen LogP contribution in [-0.2, 0) is 5.41 Å². The molecule has 0 saturated carbocycles. The zero-order chi connectivity index (χ0) is 15.9. The molecule has 2 aromatic carbocycles. The molecule has 2 nitrogen and oxygen atoms in total. The van der Waals surface area contributed by atoms with Crippen LogP contribution >= 0.6 is 0 Å². The Labute approximate surface area is 127 Å². The third-order valence-corrected chi connectivity index (χ3v) is 4.61. The van der Waals surface area contributed by atoms with Crippen molar-refractivity contribution in [2.45, 2.75) is 47.0 Å². The fourth-order valence-corrected chi connectivity index (χ4v) is 3.17. The van der Waals surface area contributed by atoms with Crippen LogP contribution in [0.1, 0.15) is 47.2 Å². The zero-order valence-electron chi connectivity index (χ0n) is 13.7. The van der Waals surface area contributed by atoms with Gasteiger partial charge in [-0.1, -0.05) is 38.1 Å². The van der Waals surface area contributed by atoms with Gasteiger partial charge in [0.2, 0.25) is 0 Å². The van der Waals surface area contributed by atoms with Gasteiger partial charge in [0.05, 0.1) is 0 Å². The number of rotatable bonds is 2. The van der Waals surface area contributed by atoms with Crippen molar-refractivity contribution in [1.29, 1.82) is 0 Å². The summed E-state index contributed by atoms with van der Waals surface area (Å²) in [6.45, 7) is 12.0. The minimum atomic E-state index is -0.287. The number of hydrogen-bond donors (Lipinski definition) is 2. The lowest BCUT2D eigenvalue weighted by Crippen LogP contribution is -2.22. The Morgan fingerprint density at radius 3 is 1.33 bits per heavy atom. The summed E-state index contributed by atoms with van der Waals surface area (Å²) < 4.78 is 0. The van der Waals surface area contributed by atoms with Crippen LogP contribution in [0.5, 0.6) is 11.5 Å². The van der Waals surface area contributed by atoms with Gasteiger partial charge in [-0.05, 0) is 61.1 Å². The van der Waals surface area contributed by atoms with Crippen molar-refractivity contribution in [3.63, 3.8) is 0 Å². The third-order valence-electron chi connectivity index (χ3n) is 4.61. The summed E-state index contributed by atoms with van der Waals surface area (Å²) in [6, 6.07) is 8.03. The maximum absolute atomic E-state index is 10.2. The quantitative estimate of drug-likeness (QED) is 0.842. The lowest BCUT2D eigenvalue weighted by atomic mass is 9.74. The van der Waals surface area contributed by atoms with E-state index in [9.17, 15) is 10.2 Å². The van der Waals surface area contributed by atoms with E-state index in [-0.39, 0.29) is 5.41 Å². The molecule has 0 radical (unpaired) electrons. The van der Waals surface area contributed by atoms with Gasteiger partial charge >= 0.3 is 0 Å². The van der Waals surface area contributed by atoms with E-state index in [0.717, 1.165) is 33.4 Å². The van der Waals surface area contributed by atoms with Crippen LogP contribution in [0.2, 0.25) is 0 Å². The molecule has 0 atom stereocenters. The van der Waals surface area contributed by atoms with Crippen molar-refractivity contribution in [1.82, 2.24) is 0 Å². The fraction of sp³-hybridized carbons (Fsp3) is 0.368. The van der Waals surface area contributed by atoms with Gasteiger partial charge in [-0.3, -0.25) is 0 Å². The SMILES string of the molecule is Cc1ccc(C(C)(C)c2ccc(C)c(O)c2C)c(C)c1O. The monoisotopic (exact) mass is 284 g/mol. The minimum Gasteiger partial charge on any atom is -0.507 e. The second kappa shape index (κ2) is 5.10. The molecule has 2 rings (SSSR count). The molecule has 0 aliphatic heterocycles. The van der Waals surface area contributed by atoms with E-state index in [1.165, 1.54) is 0 Å². The minimum absolute atomic E-state index is 0.287. The van der Waals surface area contributed by atoms with Crippen LogP contribution in [0.25, 0.3) is 0 Å². The smallest absolute Gasteiger partial charge is 0.121 e. The van der Waals surface area contributed by atoms with Gasteiger partial charge in [0.15, 0.2) is 0 Å². The van der Waals surface area contributed by atoms with Crippen LogP contribution in [0, 0.1) is 27.7 Å². The van der Waals surface area contributed by atoms with E-state index in [1.54, 1.807) is 0 Å². The van der Waals surface area contributed by atoms with Gasteiger partial charge in [0.1, 0.15) is 11.5 Å². The van der Waals surface area contributed by atoms with Gasteiger partial charge in [-0.15, -0.1) is 0 Å². The Hall–Kier alpha value is -1.96. The molecular weight excluding hydrogens is 260 g/mol. The lowest BCUT2D eigenvalue weighted by Gasteiger charge is -2.30. The van der Waals surface area contributed by atoms with Crippen molar-refractivity contribution in [2.75, 3.05) is 0 Å². The molecule has 21 heavy (non-hydrogen) atoms. The normalized spacial score (nSPS) is 11.7. The molecule has 2 heteroatoms. The molecule has 0 bridgehead atoms. The standard InChI is InChI=1S/C19H24O2/c1-11-7-9-15(13(3)17(11)20)19(5,6)16-10-8-12(2)18(21)14(16)4/h7-10,20-21H,1-6H3. The fourth-order valence-electron chi connectivity index (χ4n) is 3.17. The van der Waals surface area contributed by atoms with Crippen LogP contribution < -0.4 is 0 Å². The Morgan fingerprint density at radius 1 is 0.667 bits per heavy atom. The van der Waals surface area contributed by atoms with Crippen molar-refractivity contribution in [2.24, 2.45) is 0 Å². The number of aryl methyl sites for hydroxylation is 2. The van der Waals surface area contributed by atoms with Crippen LogP contribution in [-0.4, -0.2) is 10.2 Å². The topological polar surface area (TPSA) is 40.5 Å². The molecule has 0 spiro atoms. The summed E-state index contributed by atoms with van der Waals surface area (Å²) in [5.74, 6) is 0.712. The highest BCUT2D eigenvalue weighted by Gasteiger charge is 2.28. The Balaban J connectivity index is 2.68. The first-order valence-corrected chi connectivity index (χ1v) is 7.27. The highest BCUT2D eigenvalue weighted by atomic mass is 16.3. The molecule has 0 amide bonds. The number of aromatic hydroxyl groups is 2. The van der Waals surface area contributed by atoms with E-state index in [4.69, 9.17) is 0 Å². The van der Waals surface area contributed by atoms with Gasteiger partial charge in [0.25, 0.3) is 0 Å². The maximum Gasteiger partial charge on any atom is 0.121 e. The van der Waals surface area contributed by atoms with E-state index in [1.807, 2.05) is 39.8 Å². The first kappa shape index (κ1) is 15.4. The number of phenols is 2. The van der Waals surface area contributed by atoms with E-state index < -0.39 is 0 Å². The Bertz CT molecular complexity index is 638. The van der Waals surface area contributed by atoms with Crippen LogP contribution in [0.15, 0.2) is 24.3 Å². The van der Waals surface area contributed by atoms with Crippen molar-refractivity contribution < 1.29 is 10.2 Å². The van der Waals surface area contributed by atoms with Gasteiger partial charge in [-0.25, -0.2) is 0 Å². The maximum atomic E-state index is 10.2. The Kier molecular flexibility index (Phi) is 3.75. The van der Waals surface area contributed by atoms with Gasteiger partial charge in [-0.2, -0.15) is 0 Å². The molecule has 112 valence electrons. The Morgan fingerprint density at radius 2 is 1.00 bits per heavy atom. The average molecular weight is 284 g/mol. The predicted molar refractivity (Wildman–Crippen MR) is 87.3 cm³/mol. The summed E-state index contributed by atoms with van der Waals surface area (Å²) in [7, 11) is 0. The van der Waals surface area contributed by atoms with Crippen molar-refractivity contribution >= 4 is 0 Å². The number of phenolic OH excluding ortho intramolecular Hbond substituents is 2. The van der Waals surface area contributed by atoms with Crippen LogP contribution in [0.4, 0.5) is 0 Å². The molecule has 0 fully saturated rings. The largest absolute Gasteiger partial charge is 0.507 e. The summed E-state index contributed by atoms with van der Waals surface area (Å²) in [4.78, 5) is 0. The number of hydrogen-bond acceptors (Lipinski definition) is 2. The average Bonchev–Trinajstić information content (AvgIpc) is 2.41. The first-order chi connectivity index (χ1) is 9.67. The molecule has 0 aliphatic rings. The molecule has 2 aromatic rings. The summed E-state index contributed by atoms with van der Waals surface area (Å²) in [5.41, 5.74) is 5.45. The molecule has 2 N–H and O–H groups in total. The van der Waals surface area contributed by atoms with E-state index in [2.05, 4.69) is 26.0 Å². The first-order valence-electron chi connectivity index (χ1n) is 7.27. The third kappa shape index (κ3) is 2.39. The molecule has 0 saturated heterocycles. The number of benzene rings is 2. The van der Waals surface area contributed by atoms with Gasteiger partial charge in [0, 0.05) is 5.41 Å². The molecule has 0 aliphatic carbocycles. The second-order valence-electron chi connectivity index (χ2n) is 6.43. The predicted octanol–water partition coefficient (Wildman–Crippen LogP) is 4.66. The van der Waals surface area contributed by atoms with Crippen molar-refractivity contribution in [3.05, 3.63) is 57.6 Å². The second-order valence-corrected chi connectivity index (χ2v) is 6.43. The highest BCUT2D eigenvalue weighted by molar-refractivity contribution is 5.54. The molecule has 0 aromatic heterocycles. The summed E-state index contributed by atoms with van der Waals surface area (Å²) in [5, 5.41) is 20.4. The summed E-state index contributed by atoms with van der Waals surface area (Å²) >= 11 is 0. The highest BCUT2D eigenvalue weighted by Crippen LogP contribution is 2.41. The molecular formula is C19H24O2. The zero-order valence-corrected chi connectivity index (χ0v) is 13.7. The van der Waals surface area contributed by atoms with Gasteiger partial charge < -0.3 is 10.2 Å².